The number of terminal acetylenes is 1. The zero-order valence-corrected chi connectivity index (χ0v) is 25.0. The number of rotatable bonds is 5. The van der Waals surface area contributed by atoms with Gasteiger partial charge in [-0.05, 0) is 67.4 Å². The lowest BCUT2D eigenvalue weighted by atomic mass is 9.93. The molecule has 4 aromatic rings. The van der Waals surface area contributed by atoms with Gasteiger partial charge in [0.1, 0.15) is 31.5 Å². The molecule has 3 unspecified atom stereocenters. The quantitative estimate of drug-likeness (QED) is 0.293. The lowest BCUT2D eigenvalue weighted by molar-refractivity contribution is 0.0772. The van der Waals surface area contributed by atoms with E-state index in [2.05, 4.69) is 21.0 Å². The average molecular weight is 614 g/mol. The molecule has 0 spiro atoms. The Labute approximate surface area is 260 Å². The zero-order valence-electron chi connectivity index (χ0n) is 24.3. The summed E-state index contributed by atoms with van der Waals surface area (Å²) in [6.45, 7) is 3.68. The fraction of sp³-hybridized carbons (Fsp3) is 0.412. The Morgan fingerprint density at radius 3 is 2.95 bits per heavy atom. The Morgan fingerprint density at radius 1 is 1.18 bits per heavy atom. The van der Waals surface area contributed by atoms with Gasteiger partial charge in [-0.2, -0.15) is 9.97 Å². The van der Waals surface area contributed by atoms with E-state index in [-0.39, 0.29) is 36.1 Å². The van der Waals surface area contributed by atoms with Crippen molar-refractivity contribution in [2.24, 2.45) is 0 Å². The molecular weight excluding hydrogens is 581 g/mol. The Morgan fingerprint density at radius 2 is 2.09 bits per heavy atom. The first-order valence-electron chi connectivity index (χ1n) is 15.3. The van der Waals surface area contributed by atoms with Crippen LogP contribution in [0.1, 0.15) is 31.2 Å². The summed E-state index contributed by atoms with van der Waals surface area (Å²) in [5.74, 6) is 4.12. The summed E-state index contributed by atoms with van der Waals surface area (Å²) in [5, 5.41) is 16.9. The van der Waals surface area contributed by atoms with E-state index >= 15 is 0 Å². The molecule has 0 saturated carbocycles. The van der Waals surface area contributed by atoms with Crippen LogP contribution in [-0.2, 0) is 0 Å². The lowest BCUT2D eigenvalue weighted by Gasteiger charge is -2.36. The largest absolute Gasteiger partial charge is 0.508 e. The number of ether oxygens (including phenoxy) is 2. The average Bonchev–Trinajstić information content (AvgIpc) is 3.56. The molecule has 4 aliphatic rings. The van der Waals surface area contributed by atoms with Crippen LogP contribution in [0.5, 0.6) is 17.5 Å². The first-order valence-corrected chi connectivity index (χ1v) is 15.7. The normalized spacial score (nSPS) is 24.5. The van der Waals surface area contributed by atoms with Gasteiger partial charge in [-0.15, -0.1) is 6.42 Å². The van der Waals surface area contributed by atoms with Crippen molar-refractivity contribution in [2.75, 3.05) is 51.0 Å². The number of hydrogen-bond acceptors (Lipinski definition) is 8. The predicted octanol–water partition coefficient (Wildman–Crippen LogP) is 5.31. The van der Waals surface area contributed by atoms with E-state index in [1.165, 1.54) is 0 Å². The number of aromatic hydroxyl groups is 1. The standard InChI is InChI=1S/C34H33ClFN5O3/c1-2-20-5-3-6-21-13-24(42)14-25(28(20)21)26-15-27-29-31(30(26)35)43-18-23-17-37-10-12-40(23)32(29)39-33(38-27)44-19-34-8-4-11-41(34)22(16-36)7-9-34/h1,3,5-6,13-15,22-23,37,42H,4,7-12,16-19H2. The highest BCUT2D eigenvalue weighted by Crippen LogP contribution is 2.49. The third-order valence-electron chi connectivity index (χ3n) is 9.97. The summed E-state index contributed by atoms with van der Waals surface area (Å²) < 4.78 is 26.7. The van der Waals surface area contributed by atoms with Gasteiger partial charge < -0.3 is 24.8 Å². The van der Waals surface area contributed by atoms with Gasteiger partial charge in [0, 0.05) is 42.2 Å². The Hall–Kier alpha value is -3.84. The highest BCUT2D eigenvalue weighted by molar-refractivity contribution is 6.37. The Bertz CT molecular complexity index is 1850. The third kappa shape index (κ3) is 4.26. The van der Waals surface area contributed by atoms with Crippen LogP contribution in [0.3, 0.4) is 0 Å². The summed E-state index contributed by atoms with van der Waals surface area (Å²) in [4.78, 5) is 14.5. The highest BCUT2D eigenvalue weighted by atomic mass is 35.5. The molecule has 3 fully saturated rings. The highest BCUT2D eigenvalue weighted by Gasteiger charge is 2.50. The smallest absolute Gasteiger partial charge is 0.319 e. The fourth-order valence-electron chi connectivity index (χ4n) is 7.89. The molecule has 3 aromatic carbocycles. The number of nitrogens with one attached hydrogen (secondary N) is 1. The van der Waals surface area contributed by atoms with Crippen molar-refractivity contribution >= 4 is 39.1 Å². The van der Waals surface area contributed by atoms with E-state index in [0.29, 0.717) is 46.2 Å². The van der Waals surface area contributed by atoms with Crippen molar-refractivity contribution in [1.82, 2.24) is 20.2 Å². The maximum atomic E-state index is 13.8. The minimum atomic E-state index is -0.333. The number of phenolic OH excluding ortho intramolecular Hbond substituents is 1. The van der Waals surface area contributed by atoms with Crippen LogP contribution in [0.25, 0.3) is 32.8 Å². The SMILES string of the molecule is C#Cc1cccc2cc(O)cc(-c3cc4nc(OCC56CCCN5C(CF)CC6)nc5c4c(c3Cl)OCC3CNCCN53)c12. The number of fused-ring (bicyclic) bond motifs is 4. The molecule has 0 aliphatic carbocycles. The van der Waals surface area contributed by atoms with Gasteiger partial charge in [-0.3, -0.25) is 4.90 Å². The van der Waals surface area contributed by atoms with Gasteiger partial charge in [0.2, 0.25) is 0 Å². The second-order valence-corrected chi connectivity index (χ2v) is 12.7. The zero-order chi connectivity index (χ0) is 30.0. The summed E-state index contributed by atoms with van der Waals surface area (Å²) in [5.41, 5.74) is 2.47. The Balaban J connectivity index is 1.30. The van der Waals surface area contributed by atoms with Gasteiger partial charge in [-0.25, -0.2) is 4.39 Å². The summed E-state index contributed by atoms with van der Waals surface area (Å²) in [6.07, 6.45) is 9.67. The van der Waals surface area contributed by atoms with Crippen LogP contribution in [0, 0.1) is 12.3 Å². The fourth-order valence-corrected chi connectivity index (χ4v) is 8.20. The van der Waals surface area contributed by atoms with E-state index in [9.17, 15) is 9.50 Å². The molecule has 3 atom stereocenters. The van der Waals surface area contributed by atoms with Crippen LogP contribution in [0.4, 0.5) is 10.2 Å². The van der Waals surface area contributed by atoms with Crippen molar-refractivity contribution in [2.45, 2.75) is 43.3 Å². The van der Waals surface area contributed by atoms with E-state index < -0.39 is 0 Å². The molecule has 226 valence electrons. The van der Waals surface area contributed by atoms with E-state index in [0.717, 1.165) is 73.8 Å². The number of anilines is 1. The maximum absolute atomic E-state index is 13.8. The number of phenols is 1. The summed E-state index contributed by atoms with van der Waals surface area (Å²) in [6, 6.07) is 11.2. The van der Waals surface area contributed by atoms with Gasteiger partial charge in [0.05, 0.1) is 27.5 Å². The van der Waals surface area contributed by atoms with Crippen molar-refractivity contribution in [1.29, 1.82) is 0 Å². The van der Waals surface area contributed by atoms with Crippen LogP contribution >= 0.6 is 11.6 Å². The Kier molecular flexibility index (Phi) is 6.70. The molecule has 1 aromatic heterocycles. The van der Waals surface area contributed by atoms with Gasteiger partial charge in [0.15, 0.2) is 5.75 Å². The third-order valence-corrected chi connectivity index (χ3v) is 10.3. The van der Waals surface area contributed by atoms with E-state index in [1.54, 1.807) is 12.1 Å². The van der Waals surface area contributed by atoms with Crippen molar-refractivity contribution in [3.05, 3.63) is 47.0 Å². The number of nitrogens with zero attached hydrogens (tertiary/aromatic N) is 4. The van der Waals surface area contributed by atoms with Crippen LogP contribution in [0.15, 0.2) is 36.4 Å². The molecule has 3 saturated heterocycles. The second kappa shape index (κ2) is 10.7. The number of aromatic nitrogens is 2. The van der Waals surface area contributed by atoms with E-state index in [4.69, 9.17) is 37.5 Å². The molecule has 4 aliphatic heterocycles. The van der Waals surface area contributed by atoms with Crippen molar-refractivity contribution in [3.63, 3.8) is 0 Å². The maximum Gasteiger partial charge on any atom is 0.319 e. The number of benzene rings is 3. The molecule has 44 heavy (non-hydrogen) atoms. The van der Waals surface area contributed by atoms with Gasteiger partial charge in [0.25, 0.3) is 0 Å². The first kappa shape index (κ1) is 27.7. The molecule has 2 N–H and O–H groups in total. The molecule has 0 radical (unpaired) electrons. The summed E-state index contributed by atoms with van der Waals surface area (Å²) >= 11 is 7.21. The minimum absolute atomic E-state index is 0.0420. The predicted molar refractivity (Wildman–Crippen MR) is 170 cm³/mol. The molecule has 8 rings (SSSR count). The number of alkyl halides is 1. The summed E-state index contributed by atoms with van der Waals surface area (Å²) in [7, 11) is 0. The van der Waals surface area contributed by atoms with Crippen molar-refractivity contribution in [3.8, 4) is 41.0 Å². The van der Waals surface area contributed by atoms with E-state index in [1.807, 2.05) is 24.3 Å². The molecule has 0 bridgehead atoms. The topological polar surface area (TPSA) is 83.0 Å². The minimum Gasteiger partial charge on any atom is -0.508 e. The molecule has 0 amide bonds. The molecular formula is C34H33ClFN5O3. The van der Waals surface area contributed by atoms with Gasteiger partial charge >= 0.3 is 6.01 Å². The van der Waals surface area contributed by atoms with Crippen LogP contribution in [-0.4, -0.2) is 83.7 Å². The molecule has 10 heteroatoms. The molecule has 8 nitrogen and oxygen atoms in total. The molecule has 5 heterocycles. The monoisotopic (exact) mass is 613 g/mol. The van der Waals surface area contributed by atoms with Crippen LogP contribution in [0.2, 0.25) is 5.02 Å². The van der Waals surface area contributed by atoms with Gasteiger partial charge in [-0.1, -0.05) is 29.7 Å². The number of hydrogen-bond donors (Lipinski definition) is 2. The number of halogens is 2. The first-order chi connectivity index (χ1) is 21.5. The second-order valence-electron chi connectivity index (χ2n) is 12.4. The van der Waals surface area contributed by atoms with Crippen molar-refractivity contribution < 1.29 is 19.0 Å². The lowest BCUT2D eigenvalue weighted by Crippen LogP contribution is -2.53. The number of piperazine rings is 1. The van der Waals surface area contributed by atoms with Crippen LogP contribution < -0.4 is 19.7 Å².